The molecule has 0 N–H and O–H groups in total. The van der Waals surface area contributed by atoms with Crippen molar-refractivity contribution in [1.82, 2.24) is 4.57 Å². The molecule has 0 saturated carbocycles. The second kappa shape index (κ2) is 6.96. The van der Waals surface area contributed by atoms with E-state index in [1.54, 1.807) is 30.3 Å². The van der Waals surface area contributed by atoms with E-state index in [0.29, 0.717) is 17.8 Å². The van der Waals surface area contributed by atoms with Gasteiger partial charge in [0.25, 0.3) is 0 Å². The topological polar surface area (TPSA) is 48.3 Å². The molecule has 24 heavy (non-hydrogen) atoms. The molecule has 0 bridgehead atoms. The third-order valence-corrected chi connectivity index (χ3v) is 3.83. The number of carbonyl (C=O) groups excluding carboxylic acids is 2. The highest BCUT2D eigenvalue weighted by atomic mass is 16.5. The van der Waals surface area contributed by atoms with Gasteiger partial charge in [-0.15, -0.1) is 0 Å². The molecule has 4 nitrogen and oxygen atoms in total. The lowest BCUT2D eigenvalue weighted by atomic mass is 10.0. The Kier molecular flexibility index (Phi) is 4.57. The highest BCUT2D eigenvalue weighted by molar-refractivity contribution is 6.13. The summed E-state index contributed by atoms with van der Waals surface area (Å²) in [5.74, 6) is -0.711. The molecule has 1 aromatic heterocycles. The summed E-state index contributed by atoms with van der Waals surface area (Å²) in [6.07, 6.45) is 1.86. The number of methoxy groups -OCH3 is 1. The van der Waals surface area contributed by atoms with Gasteiger partial charge in [0.1, 0.15) is 0 Å². The first kappa shape index (κ1) is 15.7. The van der Waals surface area contributed by atoms with Gasteiger partial charge in [0.15, 0.2) is 0 Å². The van der Waals surface area contributed by atoms with Crippen LogP contribution in [0, 0.1) is 0 Å². The van der Waals surface area contributed by atoms with E-state index in [9.17, 15) is 9.59 Å². The van der Waals surface area contributed by atoms with Crippen molar-refractivity contribution >= 4 is 11.8 Å². The average Bonchev–Trinajstić information content (AvgIpc) is 3.09. The lowest BCUT2D eigenvalue weighted by molar-refractivity contribution is 0.0597. The smallest absolute Gasteiger partial charge is 0.338 e. The number of aromatic nitrogens is 1. The van der Waals surface area contributed by atoms with Crippen LogP contribution in [0.3, 0.4) is 0 Å². The van der Waals surface area contributed by atoms with E-state index in [2.05, 4.69) is 0 Å². The minimum Gasteiger partial charge on any atom is -0.465 e. The number of hydrogen-bond donors (Lipinski definition) is 0. The number of hydrogen-bond acceptors (Lipinski definition) is 3. The standard InChI is InChI=1S/C20H17NO3/c1-24-20(23)17-11-6-5-10-16(17)19(22)18-12-7-13-21(18)14-15-8-3-2-4-9-15/h2-13H,14H2,1H3. The van der Waals surface area contributed by atoms with E-state index in [4.69, 9.17) is 4.74 Å². The molecule has 0 atom stereocenters. The maximum Gasteiger partial charge on any atom is 0.338 e. The maximum absolute atomic E-state index is 12.9. The van der Waals surface area contributed by atoms with Crippen molar-refractivity contribution in [3.8, 4) is 0 Å². The summed E-state index contributed by atoms with van der Waals surface area (Å²) in [5.41, 5.74) is 2.26. The van der Waals surface area contributed by atoms with Crippen molar-refractivity contribution < 1.29 is 14.3 Å². The summed E-state index contributed by atoms with van der Waals surface area (Å²) in [5, 5.41) is 0. The van der Waals surface area contributed by atoms with Gasteiger partial charge in [0.05, 0.1) is 18.4 Å². The van der Waals surface area contributed by atoms with Crippen molar-refractivity contribution in [2.45, 2.75) is 6.54 Å². The predicted molar refractivity (Wildman–Crippen MR) is 91.2 cm³/mol. The Bertz CT molecular complexity index is 865. The molecule has 120 valence electrons. The molecule has 1 heterocycles. The molecular formula is C20H17NO3. The average molecular weight is 319 g/mol. The van der Waals surface area contributed by atoms with Crippen molar-refractivity contribution in [2.75, 3.05) is 7.11 Å². The molecule has 3 rings (SSSR count). The van der Waals surface area contributed by atoms with Crippen molar-refractivity contribution in [3.05, 3.63) is 95.3 Å². The zero-order chi connectivity index (χ0) is 16.9. The van der Waals surface area contributed by atoms with Crippen LogP contribution in [0.2, 0.25) is 0 Å². The number of carbonyl (C=O) groups is 2. The Morgan fingerprint density at radius 2 is 1.54 bits per heavy atom. The Morgan fingerprint density at radius 1 is 0.875 bits per heavy atom. The zero-order valence-electron chi connectivity index (χ0n) is 13.3. The normalized spacial score (nSPS) is 10.4. The zero-order valence-corrected chi connectivity index (χ0v) is 13.3. The molecule has 2 aromatic carbocycles. The second-order valence-electron chi connectivity index (χ2n) is 5.37. The highest BCUT2D eigenvalue weighted by Gasteiger charge is 2.20. The predicted octanol–water partition coefficient (Wildman–Crippen LogP) is 3.55. The summed E-state index contributed by atoms with van der Waals surface area (Å²) < 4.78 is 6.65. The van der Waals surface area contributed by atoms with E-state index >= 15 is 0 Å². The van der Waals surface area contributed by atoms with Crippen LogP contribution >= 0.6 is 0 Å². The van der Waals surface area contributed by atoms with E-state index in [-0.39, 0.29) is 11.3 Å². The van der Waals surface area contributed by atoms with Gasteiger partial charge in [0.2, 0.25) is 5.78 Å². The quantitative estimate of drug-likeness (QED) is 0.534. The Balaban J connectivity index is 1.95. The Labute approximate surface area is 140 Å². The molecule has 0 spiro atoms. The van der Waals surface area contributed by atoms with Crippen LogP contribution in [0.4, 0.5) is 0 Å². The summed E-state index contributed by atoms with van der Waals surface area (Å²) in [6.45, 7) is 0.593. The van der Waals surface area contributed by atoms with E-state index in [1.165, 1.54) is 7.11 Å². The lowest BCUT2D eigenvalue weighted by Crippen LogP contribution is -2.15. The molecule has 4 heteroatoms. The number of ether oxygens (including phenoxy) is 1. The van der Waals surface area contributed by atoms with Crippen LogP contribution in [0.15, 0.2) is 72.9 Å². The van der Waals surface area contributed by atoms with Gasteiger partial charge in [-0.25, -0.2) is 4.79 Å². The minimum atomic E-state index is -0.514. The third-order valence-electron chi connectivity index (χ3n) is 3.83. The van der Waals surface area contributed by atoms with E-state index in [1.807, 2.05) is 47.2 Å². The largest absolute Gasteiger partial charge is 0.465 e. The lowest BCUT2D eigenvalue weighted by Gasteiger charge is -2.11. The first-order chi connectivity index (χ1) is 11.7. The third kappa shape index (κ3) is 3.13. The number of rotatable bonds is 5. The highest BCUT2D eigenvalue weighted by Crippen LogP contribution is 2.17. The van der Waals surface area contributed by atoms with Crippen LogP contribution < -0.4 is 0 Å². The fourth-order valence-electron chi connectivity index (χ4n) is 2.65. The molecule has 0 radical (unpaired) electrons. The number of benzene rings is 2. The van der Waals surface area contributed by atoms with Gasteiger partial charge < -0.3 is 9.30 Å². The van der Waals surface area contributed by atoms with Gasteiger partial charge in [0, 0.05) is 18.3 Å². The maximum atomic E-state index is 12.9. The van der Waals surface area contributed by atoms with Gasteiger partial charge >= 0.3 is 5.97 Å². The van der Waals surface area contributed by atoms with Crippen LogP contribution in [-0.4, -0.2) is 23.4 Å². The molecule has 0 aliphatic carbocycles. The Morgan fingerprint density at radius 3 is 2.25 bits per heavy atom. The molecule has 0 unspecified atom stereocenters. The van der Waals surface area contributed by atoms with Crippen molar-refractivity contribution in [1.29, 1.82) is 0 Å². The molecule has 3 aromatic rings. The van der Waals surface area contributed by atoms with Crippen LogP contribution in [-0.2, 0) is 11.3 Å². The first-order valence-corrected chi connectivity index (χ1v) is 7.62. The van der Waals surface area contributed by atoms with Crippen molar-refractivity contribution in [3.63, 3.8) is 0 Å². The monoisotopic (exact) mass is 319 g/mol. The second-order valence-corrected chi connectivity index (χ2v) is 5.37. The van der Waals surface area contributed by atoms with Gasteiger partial charge in [-0.05, 0) is 23.8 Å². The van der Waals surface area contributed by atoms with Gasteiger partial charge in [-0.1, -0.05) is 48.5 Å². The fraction of sp³-hybridized carbons (Fsp3) is 0.100. The minimum absolute atomic E-state index is 0.197. The summed E-state index contributed by atoms with van der Waals surface area (Å²) in [6, 6.07) is 20.2. The molecule has 0 aliphatic rings. The van der Waals surface area contributed by atoms with Crippen LogP contribution in [0.1, 0.15) is 32.0 Å². The molecule has 0 amide bonds. The number of ketones is 1. The molecule has 0 saturated heterocycles. The summed E-state index contributed by atoms with van der Waals surface area (Å²) in [7, 11) is 1.31. The number of esters is 1. The van der Waals surface area contributed by atoms with Crippen molar-refractivity contribution in [2.24, 2.45) is 0 Å². The van der Waals surface area contributed by atoms with Gasteiger partial charge in [-0.3, -0.25) is 4.79 Å². The Hall–Kier alpha value is -3.14. The van der Waals surface area contributed by atoms with Crippen LogP contribution in [0.5, 0.6) is 0 Å². The van der Waals surface area contributed by atoms with E-state index < -0.39 is 5.97 Å². The fourth-order valence-corrected chi connectivity index (χ4v) is 2.65. The van der Waals surface area contributed by atoms with Crippen LogP contribution in [0.25, 0.3) is 0 Å². The van der Waals surface area contributed by atoms with Gasteiger partial charge in [-0.2, -0.15) is 0 Å². The summed E-state index contributed by atoms with van der Waals surface area (Å²) in [4.78, 5) is 24.8. The SMILES string of the molecule is COC(=O)c1ccccc1C(=O)c1cccn1Cc1ccccc1. The molecule has 0 fully saturated rings. The molecule has 0 aliphatic heterocycles. The summed E-state index contributed by atoms with van der Waals surface area (Å²) >= 11 is 0. The molecular weight excluding hydrogens is 302 g/mol. The van der Waals surface area contributed by atoms with E-state index in [0.717, 1.165) is 5.56 Å². The number of nitrogens with zero attached hydrogens (tertiary/aromatic N) is 1. The first-order valence-electron chi connectivity index (χ1n) is 7.62.